The molecule has 0 atom stereocenters. The van der Waals surface area contributed by atoms with Crippen LogP contribution in [-0.4, -0.2) is 23.6 Å². The molecular formula is C28H26N2O5. The Kier molecular flexibility index (Phi) is 7.57. The second-order valence-electron chi connectivity index (χ2n) is 8.00. The van der Waals surface area contributed by atoms with Crippen LogP contribution in [0.4, 0.5) is 5.69 Å². The molecule has 4 rings (SSSR count). The maximum absolute atomic E-state index is 13.1. The van der Waals surface area contributed by atoms with Gasteiger partial charge in [-0.2, -0.15) is 0 Å². The van der Waals surface area contributed by atoms with Gasteiger partial charge in [0.05, 0.1) is 23.4 Å². The average Bonchev–Trinajstić information content (AvgIpc) is 3.22. The first-order valence-electron chi connectivity index (χ1n) is 11.2. The van der Waals surface area contributed by atoms with Crippen molar-refractivity contribution in [1.82, 2.24) is 5.16 Å². The van der Waals surface area contributed by atoms with Crippen LogP contribution in [0.15, 0.2) is 89.5 Å². The number of rotatable bonds is 9. The molecule has 0 aliphatic carbocycles. The quantitative estimate of drug-likeness (QED) is 0.310. The van der Waals surface area contributed by atoms with Gasteiger partial charge in [0, 0.05) is 5.69 Å². The molecule has 1 amide bonds. The Bertz CT molecular complexity index is 1270. The highest BCUT2D eigenvalue weighted by atomic mass is 16.5. The summed E-state index contributed by atoms with van der Waals surface area (Å²) in [7, 11) is 0. The maximum atomic E-state index is 13.1. The summed E-state index contributed by atoms with van der Waals surface area (Å²) in [6.07, 6.45) is 0. The lowest BCUT2D eigenvalue weighted by Crippen LogP contribution is -2.34. The van der Waals surface area contributed by atoms with Crippen LogP contribution in [0.5, 0.6) is 5.75 Å². The first-order chi connectivity index (χ1) is 17.0. The molecule has 4 aromatic rings. The minimum atomic E-state index is -0.603. The van der Waals surface area contributed by atoms with Crippen LogP contribution in [-0.2, 0) is 22.7 Å². The zero-order valence-corrected chi connectivity index (χ0v) is 19.6. The number of para-hydroxylation sites is 1. The van der Waals surface area contributed by atoms with E-state index in [1.165, 1.54) is 0 Å². The number of aryl methyl sites for hydroxylation is 2. The van der Waals surface area contributed by atoms with Crippen molar-refractivity contribution in [1.29, 1.82) is 0 Å². The molecule has 0 saturated heterocycles. The topological polar surface area (TPSA) is 81.9 Å². The van der Waals surface area contributed by atoms with Gasteiger partial charge >= 0.3 is 5.97 Å². The van der Waals surface area contributed by atoms with E-state index in [0.29, 0.717) is 23.6 Å². The number of nitrogens with zero attached hydrogens (tertiary/aromatic N) is 2. The van der Waals surface area contributed by atoms with Gasteiger partial charge < -0.3 is 18.9 Å². The number of aromatic nitrogens is 1. The standard InChI is InChI=1S/C28H26N2O5/c1-20-26(21(2)35-29-20)18-33-25-15-9-12-23(16-25)28(32)34-19-27(31)30(24-13-7-4-8-14-24)17-22-10-5-3-6-11-22/h3-16H,17-19H2,1-2H3. The van der Waals surface area contributed by atoms with Gasteiger partial charge in [-0.25, -0.2) is 4.79 Å². The van der Waals surface area contributed by atoms with E-state index in [0.717, 1.165) is 22.5 Å². The largest absolute Gasteiger partial charge is 0.489 e. The Morgan fingerprint density at radius 3 is 2.31 bits per heavy atom. The molecule has 178 valence electrons. The van der Waals surface area contributed by atoms with E-state index in [1.54, 1.807) is 29.2 Å². The molecule has 1 aromatic heterocycles. The lowest BCUT2D eigenvalue weighted by Gasteiger charge is -2.23. The fourth-order valence-electron chi connectivity index (χ4n) is 3.56. The second-order valence-corrected chi connectivity index (χ2v) is 8.00. The van der Waals surface area contributed by atoms with Gasteiger partial charge in [-0.1, -0.05) is 59.8 Å². The van der Waals surface area contributed by atoms with Gasteiger partial charge in [0.2, 0.25) is 0 Å². The highest BCUT2D eigenvalue weighted by Crippen LogP contribution is 2.20. The van der Waals surface area contributed by atoms with Crippen LogP contribution >= 0.6 is 0 Å². The fourth-order valence-corrected chi connectivity index (χ4v) is 3.56. The molecule has 0 N–H and O–H groups in total. The number of anilines is 1. The van der Waals surface area contributed by atoms with Crippen molar-refractivity contribution in [3.63, 3.8) is 0 Å². The fraction of sp³-hybridized carbons (Fsp3) is 0.179. The molecular weight excluding hydrogens is 444 g/mol. The number of hydrogen-bond acceptors (Lipinski definition) is 6. The summed E-state index contributed by atoms with van der Waals surface area (Å²) in [4.78, 5) is 27.3. The summed E-state index contributed by atoms with van der Waals surface area (Å²) in [5.41, 5.74) is 3.62. The summed E-state index contributed by atoms with van der Waals surface area (Å²) >= 11 is 0. The first-order valence-corrected chi connectivity index (χ1v) is 11.2. The first kappa shape index (κ1) is 23.8. The highest BCUT2D eigenvalue weighted by molar-refractivity contribution is 5.97. The van der Waals surface area contributed by atoms with E-state index in [9.17, 15) is 9.59 Å². The van der Waals surface area contributed by atoms with E-state index in [1.807, 2.05) is 74.5 Å². The van der Waals surface area contributed by atoms with Crippen LogP contribution in [0, 0.1) is 13.8 Å². The third kappa shape index (κ3) is 6.14. The molecule has 1 heterocycles. The Balaban J connectivity index is 1.40. The molecule has 0 saturated carbocycles. The molecule has 0 aliphatic heterocycles. The molecule has 35 heavy (non-hydrogen) atoms. The number of ether oxygens (including phenoxy) is 2. The van der Waals surface area contributed by atoms with E-state index >= 15 is 0 Å². The van der Waals surface area contributed by atoms with Crippen molar-refractivity contribution in [3.8, 4) is 5.75 Å². The summed E-state index contributed by atoms with van der Waals surface area (Å²) in [6, 6.07) is 25.6. The third-order valence-corrected chi connectivity index (χ3v) is 5.51. The Labute approximate surface area is 203 Å². The Hall–Kier alpha value is -4.39. The maximum Gasteiger partial charge on any atom is 0.338 e. The second kappa shape index (κ2) is 11.2. The van der Waals surface area contributed by atoms with Gasteiger partial charge in [-0.05, 0) is 49.7 Å². The molecule has 7 heteroatoms. The summed E-state index contributed by atoms with van der Waals surface area (Å²) in [5.74, 6) is 0.267. The Morgan fingerprint density at radius 1 is 0.914 bits per heavy atom. The average molecular weight is 471 g/mol. The third-order valence-electron chi connectivity index (χ3n) is 5.51. The molecule has 0 spiro atoms. The number of benzene rings is 3. The molecule has 0 bridgehead atoms. The van der Waals surface area contributed by atoms with E-state index in [2.05, 4.69) is 5.16 Å². The van der Waals surface area contributed by atoms with Crippen molar-refractivity contribution < 1.29 is 23.6 Å². The zero-order chi connectivity index (χ0) is 24.6. The molecule has 0 radical (unpaired) electrons. The number of hydrogen-bond donors (Lipinski definition) is 0. The van der Waals surface area contributed by atoms with Gasteiger partial charge in [0.15, 0.2) is 6.61 Å². The van der Waals surface area contributed by atoms with E-state index in [-0.39, 0.29) is 19.1 Å². The molecule has 0 aliphatic rings. The monoisotopic (exact) mass is 470 g/mol. The number of carbonyl (C=O) groups is 2. The van der Waals surface area contributed by atoms with Crippen LogP contribution in [0.25, 0.3) is 0 Å². The SMILES string of the molecule is Cc1noc(C)c1COc1cccc(C(=O)OCC(=O)N(Cc2ccccc2)c2ccccc2)c1. The molecule has 0 fully saturated rings. The normalized spacial score (nSPS) is 10.6. The van der Waals surface area contributed by atoms with E-state index in [4.69, 9.17) is 14.0 Å². The summed E-state index contributed by atoms with van der Waals surface area (Å²) < 4.78 is 16.3. The van der Waals surface area contributed by atoms with Gasteiger partial charge in [-0.15, -0.1) is 0 Å². The van der Waals surface area contributed by atoms with Gasteiger partial charge in [0.25, 0.3) is 5.91 Å². The van der Waals surface area contributed by atoms with E-state index < -0.39 is 5.97 Å². The van der Waals surface area contributed by atoms with Crippen molar-refractivity contribution in [2.24, 2.45) is 0 Å². The zero-order valence-electron chi connectivity index (χ0n) is 19.6. The van der Waals surface area contributed by atoms with Crippen molar-refractivity contribution in [2.75, 3.05) is 11.5 Å². The van der Waals surface area contributed by atoms with Crippen molar-refractivity contribution in [2.45, 2.75) is 27.0 Å². The van der Waals surface area contributed by atoms with Crippen LogP contribution in [0.3, 0.4) is 0 Å². The predicted octanol–water partition coefficient (Wildman–Crippen LogP) is 5.26. The van der Waals surface area contributed by atoms with Crippen LogP contribution < -0.4 is 9.64 Å². The molecule has 7 nitrogen and oxygen atoms in total. The summed E-state index contributed by atoms with van der Waals surface area (Å²) in [5, 5.41) is 3.91. The molecule has 0 unspecified atom stereocenters. The smallest absolute Gasteiger partial charge is 0.338 e. The summed E-state index contributed by atoms with van der Waals surface area (Å²) in [6.45, 7) is 3.91. The van der Waals surface area contributed by atoms with Crippen LogP contribution in [0.1, 0.15) is 32.9 Å². The number of carbonyl (C=O) groups excluding carboxylic acids is 2. The minimum Gasteiger partial charge on any atom is -0.489 e. The van der Waals surface area contributed by atoms with Gasteiger partial charge in [-0.3, -0.25) is 4.79 Å². The molecule has 3 aromatic carbocycles. The highest BCUT2D eigenvalue weighted by Gasteiger charge is 2.19. The minimum absolute atomic E-state index is 0.268. The number of amides is 1. The lowest BCUT2D eigenvalue weighted by atomic mass is 10.2. The van der Waals surface area contributed by atoms with Crippen molar-refractivity contribution >= 4 is 17.6 Å². The van der Waals surface area contributed by atoms with Gasteiger partial charge in [0.1, 0.15) is 18.1 Å². The van der Waals surface area contributed by atoms with Crippen LogP contribution in [0.2, 0.25) is 0 Å². The predicted molar refractivity (Wildman–Crippen MR) is 131 cm³/mol. The van der Waals surface area contributed by atoms with Crippen molar-refractivity contribution in [3.05, 3.63) is 113 Å². The lowest BCUT2D eigenvalue weighted by molar-refractivity contribution is -0.121. The number of esters is 1. The Morgan fingerprint density at radius 2 is 1.63 bits per heavy atom.